The predicted molar refractivity (Wildman–Crippen MR) is 108 cm³/mol. The molecule has 0 bridgehead atoms. The monoisotopic (exact) mass is 381 g/mol. The van der Waals surface area contributed by atoms with Gasteiger partial charge < -0.3 is 19.3 Å². The van der Waals surface area contributed by atoms with Crippen LogP contribution >= 0.6 is 0 Å². The summed E-state index contributed by atoms with van der Waals surface area (Å²) in [6.07, 6.45) is 5.85. The first kappa shape index (κ1) is 18.6. The number of likely N-dealkylation sites (tertiary alicyclic amines) is 1. The molecule has 148 valence electrons. The number of nitrogens with zero attached hydrogens (tertiary/aromatic N) is 3. The summed E-state index contributed by atoms with van der Waals surface area (Å²) in [6.45, 7) is 3.33. The molecule has 2 aliphatic rings. The van der Waals surface area contributed by atoms with E-state index in [9.17, 15) is 4.79 Å². The van der Waals surface area contributed by atoms with Gasteiger partial charge in [0.2, 0.25) is 0 Å². The lowest BCUT2D eigenvalue weighted by atomic mass is 10.1. The lowest BCUT2D eigenvalue weighted by molar-refractivity contribution is 0.0793. The molecule has 0 unspecified atom stereocenters. The molecule has 0 atom stereocenters. The van der Waals surface area contributed by atoms with Crippen LogP contribution in [0.25, 0.3) is 0 Å². The molecule has 0 saturated carbocycles. The Kier molecular flexibility index (Phi) is 5.65. The van der Waals surface area contributed by atoms with E-state index < -0.39 is 0 Å². The second-order valence-corrected chi connectivity index (χ2v) is 7.33. The lowest BCUT2D eigenvalue weighted by Gasteiger charge is -2.34. The summed E-state index contributed by atoms with van der Waals surface area (Å²) in [5.74, 6) is 2.45. The van der Waals surface area contributed by atoms with Crippen LogP contribution in [-0.4, -0.2) is 55.2 Å². The quantitative estimate of drug-likeness (QED) is 0.795. The zero-order valence-corrected chi connectivity index (χ0v) is 16.3. The molecule has 2 aliphatic heterocycles. The highest BCUT2D eigenvalue weighted by atomic mass is 16.5. The Morgan fingerprint density at radius 2 is 1.71 bits per heavy atom. The number of pyridine rings is 1. The summed E-state index contributed by atoms with van der Waals surface area (Å²) in [6, 6.07) is 11.5. The average Bonchev–Trinajstić information content (AvgIpc) is 3.29. The molecule has 0 spiro atoms. The molecule has 2 aromatic rings. The van der Waals surface area contributed by atoms with Crippen molar-refractivity contribution < 1.29 is 14.3 Å². The molecule has 1 amide bonds. The Bertz CT molecular complexity index is 812. The van der Waals surface area contributed by atoms with Crippen molar-refractivity contribution in [2.24, 2.45) is 0 Å². The largest absolute Gasteiger partial charge is 0.493 e. The summed E-state index contributed by atoms with van der Waals surface area (Å²) in [7, 11) is 1.66. The second-order valence-electron chi connectivity index (χ2n) is 7.33. The third-order valence-electron chi connectivity index (χ3n) is 5.51. The van der Waals surface area contributed by atoms with Crippen molar-refractivity contribution in [3.63, 3.8) is 0 Å². The number of aromatic nitrogens is 1. The first-order chi connectivity index (χ1) is 13.8. The van der Waals surface area contributed by atoms with E-state index in [1.165, 1.54) is 0 Å². The van der Waals surface area contributed by atoms with Gasteiger partial charge in [-0.3, -0.25) is 4.79 Å². The fraction of sp³-hybridized carbons (Fsp3) is 0.455. The summed E-state index contributed by atoms with van der Waals surface area (Å²) in [5.41, 5.74) is 0.716. The van der Waals surface area contributed by atoms with Crippen molar-refractivity contribution in [2.45, 2.75) is 31.8 Å². The summed E-state index contributed by atoms with van der Waals surface area (Å²) in [5, 5.41) is 0. The van der Waals surface area contributed by atoms with Crippen LogP contribution in [0, 0.1) is 0 Å². The minimum Gasteiger partial charge on any atom is -0.493 e. The number of amides is 1. The SMILES string of the molecule is COc1ccccc1OC1CCN(c2ncccc2C(=O)N2CCCC2)CC1. The van der Waals surface area contributed by atoms with Crippen molar-refractivity contribution in [1.29, 1.82) is 0 Å². The number of anilines is 1. The smallest absolute Gasteiger partial charge is 0.257 e. The number of ether oxygens (including phenoxy) is 2. The van der Waals surface area contributed by atoms with Crippen LogP contribution in [0.15, 0.2) is 42.6 Å². The van der Waals surface area contributed by atoms with E-state index in [0.29, 0.717) is 5.56 Å². The molecule has 2 fully saturated rings. The molecule has 0 aliphatic carbocycles. The topological polar surface area (TPSA) is 54.9 Å². The summed E-state index contributed by atoms with van der Waals surface area (Å²) >= 11 is 0. The number of hydrogen-bond acceptors (Lipinski definition) is 5. The lowest BCUT2D eigenvalue weighted by Crippen LogP contribution is -2.40. The van der Waals surface area contributed by atoms with Crippen molar-refractivity contribution in [3.05, 3.63) is 48.2 Å². The van der Waals surface area contributed by atoms with E-state index in [1.54, 1.807) is 13.3 Å². The maximum Gasteiger partial charge on any atom is 0.257 e. The number of methoxy groups -OCH3 is 1. The van der Waals surface area contributed by atoms with E-state index >= 15 is 0 Å². The number of benzene rings is 1. The fourth-order valence-electron chi connectivity index (χ4n) is 3.99. The highest BCUT2D eigenvalue weighted by Gasteiger charge is 2.28. The van der Waals surface area contributed by atoms with E-state index in [2.05, 4.69) is 9.88 Å². The van der Waals surface area contributed by atoms with Gasteiger partial charge in [0.25, 0.3) is 5.91 Å². The molecule has 0 N–H and O–H groups in total. The van der Waals surface area contributed by atoms with Gasteiger partial charge in [0.15, 0.2) is 11.5 Å². The predicted octanol–water partition coefficient (Wildman–Crippen LogP) is 3.37. The Labute approximate surface area is 166 Å². The fourth-order valence-corrected chi connectivity index (χ4v) is 3.99. The molecule has 28 heavy (non-hydrogen) atoms. The maximum atomic E-state index is 12.9. The first-order valence-corrected chi connectivity index (χ1v) is 10.0. The van der Waals surface area contributed by atoms with E-state index in [1.807, 2.05) is 41.3 Å². The minimum absolute atomic E-state index is 0.105. The molecule has 1 aromatic carbocycles. The van der Waals surface area contributed by atoms with Crippen LogP contribution in [0.3, 0.4) is 0 Å². The van der Waals surface area contributed by atoms with Gasteiger partial charge in [-0.2, -0.15) is 0 Å². The van der Waals surface area contributed by atoms with Gasteiger partial charge >= 0.3 is 0 Å². The minimum atomic E-state index is 0.105. The number of rotatable bonds is 5. The maximum absolute atomic E-state index is 12.9. The van der Waals surface area contributed by atoms with E-state index in [0.717, 1.165) is 69.2 Å². The second kappa shape index (κ2) is 8.50. The third kappa shape index (κ3) is 3.91. The van der Waals surface area contributed by atoms with Crippen LogP contribution in [-0.2, 0) is 0 Å². The van der Waals surface area contributed by atoms with Gasteiger partial charge in [0, 0.05) is 45.2 Å². The van der Waals surface area contributed by atoms with Gasteiger partial charge in [0.05, 0.1) is 12.7 Å². The van der Waals surface area contributed by atoms with Crippen LogP contribution in [0.5, 0.6) is 11.5 Å². The number of piperidine rings is 1. The van der Waals surface area contributed by atoms with Crippen LogP contribution in [0.2, 0.25) is 0 Å². The molecule has 6 nitrogen and oxygen atoms in total. The number of para-hydroxylation sites is 2. The Balaban J connectivity index is 1.42. The zero-order chi connectivity index (χ0) is 19.3. The molecule has 1 aromatic heterocycles. The highest BCUT2D eigenvalue weighted by Crippen LogP contribution is 2.30. The van der Waals surface area contributed by atoms with Crippen molar-refractivity contribution >= 4 is 11.7 Å². The number of carbonyl (C=O) groups excluding carboxylic acids is 1. The van der Waals surface area contributed by atoms with E-state index in [-0.39, 0.29) is 12.0 Å². The van der Waals surface area contributed by atoms with Crippen molar-refractivity contribution in [3.8, 4) is 11.5 Å². The van der Waals surface area contributed by atoms with Crippen molar-refractivity contribution in [2.75, 3.05) is 38.2 Å². The number of hydrogen-bond donors (Lipinski definition) is 0. The molecule has 2 saturated heterocycles. The first-order valence-electron chi connectivity index (χ1n) is 10.0. The van der Waals surface area contributed by atoms with Crippen molar-refractivity contribution in [1.82, 2.24) is 9.88 Å². The zero-order valence-electron chi connectivity index (χ0n) is 16.3. The summed E-state index contributed by atoms with van der Waals surface area (Å²) < 4.78 is 11.6. The van der Waals surface area contributed by atoms with Crippen LogP contribution < -0.4 is 14.4 Å². The Hall–Kier alpha value is -2.76. The molecule has 6 heteroatoms. The molecule has 3 heterocycles. The standard InChI is InChI=1S/C22H27N3O3/c1-27-19-8-2-3-9-20(19)28-17-10-15-24(16-11-17)21-18(7-6-12-23-21)22(26)25-13-4-5-14-25/h2-3,6-9,12,17H,4-5,10-11,13-16H2,1H3. The van der Waals surface area contributed by atoms with Crippen LogP contribution in [0.4, 0.5) is 5.82 Å². The summed E-state index contributed by atoms with van der Waals surface area (Å²) in [4.78, 5) is 21.6. The third-order valence-corrected chi connectivity index (χ3v) is 5.51. The number of carbonyl (C=O) groups is 1. The molecular formula is C22H27N3O3. The van der Waals surface area contributed by atoms with Gasteiger partial charge in [-0.15, -0.1) is 0 Å². The van der Waals surface area contributed by atoms with Gasteiger partial charge in [0.1, 0.15) is 11.9 Å². The van der Waals surface area contributed by atoms with Crippen LogP contribution in [0.1, 0.15) is 36.0 Å². The van der Waals surface area contributed by atoms with Gasteiger partial charge in [-0.05, 0) is 37.1 Å². The highest BCUT2D eigenvalue weighted by molar-refractivity contribution is 5.99. The molecular weight excluding hydrogens is 354 g/mol. The Morgan fingerprint density at radius 1 is 1.00 bits per heavy atom. The van der Waals surface area contributed by atoms with E-state index in [4.69, 9.17) is 9.47 Å². The van der Waals surface area contributed by atoms with Gasteiger partial charge in [-0.25, -0.2) is 4.98 Å². The van der Waals surface area contributed by atoms with Gasteiger partial charge in [-0.1, -0.05) is 12.1 Å². The molecule has 0 radical (unpaired) electrons. The normalized spacial score (nSPS) is 17.6. The Morgan fingerprint density at radius 3 is 2.43 bits per heavy atom. The average molecular weight is 381 g/mol. The molecule has 4 rings (SSSR count).